The number of nitrogens with zero attached hydrogens (tertiary/aromatic N) is 4. The molecule has 7 heteroatoms. The van der Waals surface area contributed by atoms with E-state index in [-0.39, 0.29) is 17.0 Å². The highest BCUT2D eigenvalue weighted by Crippen LogP contribution is 2.42. The highest BCUT2D eigenvalue weighted by Gasteiger charge is 2.41. The first-order valence-corrected chi connectivity index (χ1v) is 13.7. The molecule has 0 spiro atoms. The SMILES string of the molecule is C=Nc1ccc(C(/C(=C/N)N(C)N)c2ccc(C)nc2C)cc1/C(Cl)=C(\C)CN1C(C)(C)CCCC1(C)C. The molecule has 1 unspecified atom stereocenters. The fourth-order valence-electron chi connectivity index (χ4n) is 5.98. The molecule has 0 saturated carbocycles. The van der Waals surface area contributed by atoms with Gasteiger partial charge in [-0.25, -0.2) is 5.84 Å². The van der Waals surface area contributed by atoms with E-state index in [0.29, 0.717) is 5.03 Å². The second kappa shape index (κ2) is 11.6. The highest BCUT2D eigenvalue weighted by molar-refractivity contribution is 6.49. The van der Waals surface area contributed by atoms with Crippen molar-refractivity contribution in [2.24, 2.45) is 16.6 Å². The maximum absolute atomic E-state index is 7.18. The minimum absolute atomic E-state index is 0.0924. The lowest BCUT2D eigenvalue weighted by atomic mass is 9.79. The van der Waals surface area contributed by atoms with E-state index in [0.717, 1.165) is 51.6 Å². The van der Waals surface area contributed by atoms with Crippen molar-refractivity contribution in [3.05, 3.63) is 75.9 Å². The number of aliphatic imine (C=N–C) groups is 1. The molecule has 1 aliphatic rings. The summed E-state index contributed by atoms with van der Waals surface area (Å²) >= 11 is 7.18. The van der Waals surface area contributed by atoms with Gasteiger partial charge in [0.25, 0.3) is 0 Å². The van der Waals surface area contributed by atoms with Crippen molar-refractivity contribution in [1.82, 2.24) is 14.9 Å². The number of aromatic nitrogens is 1. The van der Waals surface area contributed by atoms with Crippen molar-refractivity contribution in [2.75, 3.05) is 13.6 Å². The van der Waals surface area contributed by atoms with Crippen LogP contribution in [0.1, 0.15) is 87.9 Å². The first kappa shape index (κ1) is 29.9. The third-order valence-corrected chi connectivity index (χ3v) is 8.55. The van der Waals surface area contributed by atoms with E-state index in [1.54, 1.807) is 18.3 Å². The van der Waals surface area contributed by atoms with Crippen molar-refractivity contribution >= 4 is 29.0 Å². The molecule has 1 aromatic heterocycles. The zero-order valence-corrected chi connectivity index (χ0v) is 25.2. The average Bonchev–Trinajstić information content (AvgIpc) is 2.84. The topological polar surface area (TPSA) is 83.8 Å². The number of pyridine rings is 1. The second-order valence-electron chi connectivity index (χ2n) is 11.9. The summed E-state index contributed by atoms with van der Waals surface area (Å²) in [6.45, 7) is 20.0. The Morgan fingerprint density at radius 3 is 2.34 bits per heavy atom. The Bertz CT molecular complexity index is 1220. The van der Waals surface area contributed by atoms with Crippen molar-refractivity contribution < 1.29 is 0 Å². The van der Waals surface area contributed by atoms with Crippen LogP contribution in [0.4, 0.5) is 5.69 Å². The molecule has 0 bridgehead atoms. The van der Waals surface area contributed by atoms with Crippen LogP contribution in [0.5, 0.6) is 0 Å². The van der Waals surface area contributed by atoms with Gasteiger partial charge in [-0.15, -0.1) is 0 Å². The number of halogens is 1. The Labute approximate surface area is 234 Å². The molecule has 1 fully saturated rings. The molecule has 1 aromatic carbocycles. The third-order valence-electron chi connectivity index (χ3n) is 8.02. The molecule has 0 amide bonds. The van der Waals surface area contributed by atoms with E-state index in [1.165, 1.54) is 19.3 Å². The maximum atomic E-state index is 7.18. The number of hydrazine groups is 1. The van der Waals surface area contributed by atoms with E-state index in [9.17, 15) is 0 Å². The van der Waals surface area contributed by atoms with Crippen molar-refractivity contribution in [1.29, 1.82) is 0 Å². The predicted molar refractivity (Wildman–Crippen MR) is 163 cm³/mol. The van der Waals surface area contributed by atoms with Crippen LogP contribution in [-0.4, -0.2) is 46.3 Å². The molecular formula is C31H45ClN6. The Hall–Kier alpha value is -2.67. The average molecular weight is 537 g/mol. The fraction of sp³-hybridized carbons (Fsp3) is 0.484. The molecule has 0 radical (unpaired) electrons. The molecule has 1 atom stereocenters. The first-order chi connectivity index (χ1) is 17.7. The van der Waals surface area contributed by atoms with Crippen LogP contribution in [0.15, 0.2) is 52.8 Å². The molecule has 3 rings (SSSR count). The number of hydrogen-bond acceptors (Lipinski definition) is 6. The number of likely N-dealkylation sites (N-methyl/N-ethyl adjacent to an activating group) is 1. The quantitative estimate of drug-likeness (QED) is 0.220. The third kappa shape index (κ3) is 6.14. The summed E-state index contributed by atoms with van der Waals surface area (Å²) in [6, 6.07) is 10.2. The van der Waals surface area contributed by atoms with Gasteiger partial charge in [0.05, 0.1) is 22.3 Å². The fourth-order valence-corrected chi connectivity index (χ4v) is 6.19. The number of likely N-dealkylation sites (tertiary alicyclic amines) is 1. The lowest BCUT2D eigenvalue weighted by Crippen LogP contribution is -2.58. The molecule has 6 nitrogen and oxygen atoms in total. The van der Waals surface area contributed by atoms with Gasteiger partial charge in [0.15, 0.2) is 0 Å². The predicted octanol–water partition coefficient (Wildman–Crippen LogP) is 6.78. The van der Waals surface area contributed by atoms with Crippen molar-refractivity contribution in [3.8, 4) is 0 Å². The second-order valence-corrected chi connectivity index (χ2v) is 12.2. The number of rotatable bonds is 8. The Morgan fingerprint density at radius 2 is 1.82 bits per heavy atom. The van der Waals surface area contributed by atoms with Crippen LogP contribution in [-0.2, 0) is 0 Å². The Morgan fingerprint density at radius 1 is 1.18 bits per heavy atom. The summed E-state index contributed by atoms with van der Waals surface area (Å²) in [4.78, 5) is 11.6. The Kier molecular flexibility index (Phi) is 9.12. The molecule has 206 valence electrons. The van der Waals surface area contributed by atoms with Gasteiger partial charge in [0.2, 0.25) is 0 Å². The summed E-state index contributed by atoms with van der Waals surface area (Å²) in [7, 11) is 1.79. The standard InChI is InChI=1S/C31H45ClN6/c1-20(19-38-30(4,5)15-10-16-31(38,6)7)29(32)25-17-23(12-14-26(25)35-8)28(27(18-33)37(9)34)24-13-11-21(2)36-22(24)3/h11-14,17-18,28H,8,10,15-16,19,33-34H2,1-7,9H3/b27-18-,29-20-. The van der Waals surface area contributed by atoms with Gasteiger partial charge in [0, 0.05) is 47.8 Å². The van der Waals surface area contributed by atoms with Crippen molar-refractivity contribution in [2.45, 2.75) is 84.7 Å². The van der Waals surface area contributed by atoms with E-state index >= 15 is 0 Å². The van der Waals surface area contributed by atoms with Gasteiger partial charge < -0.3 is 10.7 Å². The lowest BCUT2D eigenvalue weighted by molar-refractivity contribution is -0.0182. The molecule has 0 aliphatic carbocycles. The molecule has 2 aromatic rings. The smallest absolute Gasteiger partial charge is 0.0709 e. The number of aryl methyl sites for hydroxylation is 2. The number of hydrogen-bond donors (Lipinski definition) is 2. The highest BCUT2D eigenvalue weighted by atomic mass is 35.5. The van der Waals surface area contributed by atoms with E-state index < -0.39 is 0 Å². The van der Waals surface area contributed by atoms with E-state index in [4.69, 9.17) is 28.2 Å². The van der Waals surface area contributed by atoms with E-state index in [1.807, 2.05) is 32.0 Å². The summed E-state index contributed by atoms with van der Waals surface area (Å²) in [5.41, 5.74) is 13.7. The van der Waals surface area contributed by atoms with Gasteiger partial charge in [-0.1, -0.05) is 23.7 Å². The van der Waals surface area contributed by atoms with Crippen LogP contribution < -0.4 is 11.6 Å². The van der Waals surface area contributed by atoms with Crippen LogP contribution in [0.3, 0.4) is 0 Å². The van der Waals surface area contributed by atoms with Crippen LogP contribution >= 0.6 is 11.6 Å². The molecular weight excluding hydrogens is 492 g/mol. The van der Waals surface area contributed by atoms with E-state index in [2.05, 4.69) is 63.4 Å². The minimum Gasteiger partial charge on any atom is -0.403 e. The number of allylic oxidation sites excluding steroid dienone is 1. The summed E-state index contributed by atoms with van der Waals surface area (Å²) in [5.74, 6) is 6.02. The van der Waals surface area contributed by atoms with Crippen LogP contribution in [0.2, 0.25) is 0 Å². The van der Waals surface area contributed by atoms with Gasteiger partial charge >= 0.3 is 0 Å². The number of benzene rings is 1. The van der Waals surface area contributed by atoms with Gasteiger partial charge in [-0.05, 0) is 109 Å². The monoisotopic (exact) mass is 536 g/mol. The number of nitrogens with two attached hydrogens (primary N) is 2. The Balaban J connectivity index is 2.16. The zero-order chi connectivity index (χ0) is 28.4. The van der Waals surface area contributed by atoms with Crippen LogP contribution in [0.25, 0.3) is 5.03 Å². The zero-order valence-electron chi connectivity index (χ0n) is 24.4. The normalized spacial score (nSPS) is 19.1. The minimum atomic E-state index is -0.231. The lowest BCUT2D eigenvalue weighted by Gasteiger charge is -2.53. The first-order valence-electron chi connectivity index (χ1n) is 13.3. The molecule has 2 heterocycles. The largest absolute Gasteiger partial charge is 0.403 e. The maximum Gasteiger partial charge on any atom is 0.0709 e. The summed E-state index contributed by atoms with van der Waals surface area (Å²) in [5, 5.41) is 2.26. The van der Waals surface area contributed by atoms with Crippen molar-refractivity contribution in [3.63, 3.8) is 0 Å². The molecule has 1 saturated heterocycles. The summed E-state index contributed by atoms with van der Waals surface area (Å²) in [6.07, 6.45) is 5.14. The van der Waals surface area contributed by atoms with Crippen LogP contribution in [0, 0.1) is 13.8 Å². The van der Waals surface area contributed by atoms with Gasteiger partial charge in [0.1, 0.15) is 0 Å². The molecule has 4 N–H and O–H groups in total. The van der Waals surface area contributed by atoms with Gasteiger partial charge in [-0.3, -0.25) is 14.9 Å². The van der Waals surface area contributed by atoms with Gasteiger partial charge in [-0.2, -0.15) is 0 Å². The number of piperidine rings is 1. The summed E-state index contributed by atoms with van der Waals surface area (Å²) < 4.78 is 0. The molecule has 38 heavy (non-hydrogen) atoms. The molecule has 1 aliphatic heterocycles.